The number of hydrogen-bond acceptors (Lipinski definition) is 6. The fourth-order valence-electron chi connectivity index (χ4n) is 4.04. The molecule has 1 fully saturated rings. The molecule has 162 valence electrons. The van der Waals surface area contributed by atoms with Crippen molar-refractivity contribution in [3.8, 4) is 21.9 Å². The van der Waals surface area contributed by atoms with Gasteiger partial charge < -0.3 is 19.7 Å². The maximum atomic E-state index is 12.8. The number of benzene rings is 1. The summed E-state index contributed by atoms with van der Waals surface area (Å²) in [5.41, 5.74) is 1.04. The Morgan fingerprint density at radius 1 is 1.07 bits per heavy atom. The summed E-state index contributed by atoms with van der Waals surface area (Å²) in [6.45, 7) is 10.6. The van der Waals surface area contributed by atoms with Gasteiger partial charge in [-0.3, -0.25) is 9.69 Å². The molecule has 1 aromatic carbocycles. The topological polar surface area (TPSA) is 54.0 Å². The highest BCUT2D eigenvalue weighted by Gasteiger charge is 2.25. The van der Waals surface area contributed by atoms with Gasteiger partial charge in [0, 0.05) is 43.6 Å². The first kappa shape index (κ1) is 21.2. The van der Waals surface area contributed by atoms with Crippen molar-refractivity contribution in [3.05, 3.63) is 35.2 Å². The Morgan fingerprint density at radius 2 is 1.80 bits per heavy atom. The number of ether oxygens (including phenoxy) is 2. The molecule has 1 N–H and O–H groups in total. The third kappa shape index (κ3) is 4.79. The van der Waals surface area contributed by atoms with Crippen molar-refractivity contribution in [2.24, 2.45) is 5.92 Å². The molecule has 2 aliphatic rings. The van der Waals surface area contributed by atoms with Crippen LogP contribution < -0.4 is 14.8 Å². The molecule has 6 nitrogen and oxygen atoms in total. The predicted molar refractivity (Wildman–Crippen MR) is 121 cm³/mol. The van der Waals surface area contributed by atoms with Gasteiger partial charge in [-0.2, -0.15) is 0 Å². The number of likely N-dealkylation sites (N-methyl/N-ethyl adjacent to an activating group) is 1. The monoisotopic (exact) mass is 429 g/mol. The van der Waals surface area contributed by atoms with Gasteiger partial charge in [-0.1, -0.05) is 13.8 Å². The standard InChI is InChI=1S/C23H31N3O3S/c1-16(2)18(26-10-8-25(3)9-11-26)15-24-23(27)22-7-6-21(30-22)17-4-5-19-20(14-17)29-13-12-28-19/h4-7,14,16,18H,8-13,15H2,1-3H3,(H,24,27). The third-order valence-corrected chi connectivity index (χ3v) is 7.04. The van der Waals surface area contributed by atoms with E-state index in [4.69, 9.17) is 9.47 Å². The quantitative estimate of drug-likeness (QED) is 0.764. The van der Waals surface area contributed by atoms with Crippen molar-refractivity contribution in [2.45, 2.75) is 19.9 Å². The molecule has 0 spiro atoms. The summed E-state index contributed by atoms with van der Waals surface area (Å²) in [6, 6.07) is 10.2. The van der Waals surface area contributed by atoms with Gasteiger partial charge in [-0.25, -0.2) is 0 Å². The molecule has 1 unspecified atom stereocenters. The van der Waals surface area contributed by atoms with Gasteiger partial charge in [-0.05, 0) is 48.9 Å². The van der Waals surface area contributed by atoms with E-state index < -0.39 is 0 Å². The second-order valence-corrected chi connectivity index (χ2v) is 9.47. The Labute approximate surface area is 182 Å². The Morgan fingerprint density at radius 3 is 2.53 bits per heavy atom. The zero-order valence-electron chi connectivity index (χ0n) is 18.0. The van der Waals surface area contributed by atoms with Crippen LogP contribution in [0.25, 0.3) is 10.4 Å². The summed E-state index contributed by atoms with van der Waals surface area (Å²) < 4.78 is 11.3. The van der Waals surface area contributed by atoms with Gasteiger partial charge in [0.1, 0.15) is 13.2 Å². The summed E-state index contributed by atoms with van der Waals surface area (Å²) in [7, 11) is 2.17. The molecule has 1 amide bonds. The van der Waals surface area contributed by atoms with E-state index in [1.165, 1.54) is 11.3 Å². The molecule has 2 aromatic rings. The maximum absolute atomic E-state index is 12.8. The number of piperazine rings is 1. The number of thiophene rings is 1. The minimum atomic E-state index is 0.00331. The molecule has 7 heteroatoms. The van der Waals surface area contributed by atoms with Crippen LogP contribution in [-0.2, 0) is 0 Å². The van der Waals surface area contributed by atoms with Crippen LogP contribution in [0, 0.1) is 5.92 Å². The Hall–Kier alpha value is -2.09. The number of nitrogens with zero attached hydrogens (tertiary/aromatic N) is 2. The molecule has 0 bridgehead atoms. The second-order valence-electron chi connectivity index (χ2n) is 8.38. The molecule has 4 rings (SSSR count). The van der Waals surface area contributed by atoms with Gasteiger partial charge >= 0.3 is 0 Å². The van der Waals surface area contributed by atoms with E-state index in [0.29, 0.717) is 31.7 Å². The van der Waals surface area contributed by atoms with Crippen molar-refractivity contribution in [1.82, 2.24) is 15.1 Å². The normalized spacial score (nSPS) is 18.4. The van der Waals surface area contributed by atoms with Crippen molar-refractivity contribution in [2.75, 3.05) is 53.0 Å². The Bertz CT molecular complexity index is 874. The summed E-state index contributed by atoms with van der Waals surface area (Å²) in [6.07, 6.45) is 0. The number of hydrogen-bond donors (Lipinski definition) is 1. The minimum Gasteiger partial charge on any atom is -0.486 e. The molecular formula is C23H31N3O3S. The van der Waals surface area contributed by atoms with Crippen LogP contribution >= 0.6 is 11.3 Å². The van der Waals surface area contributed by atoms with Gasteiger partial charge in [0.05, 0.1) is 4.88 Å². The number of amides is 1. The van der Waals surface area contributed by atoms with Crippen LogP contribution in [0.3, 0.4) is 0 Å². The minimum absolute atomic E-state index is 0.00331. The average Bonchev–Trinajstić information content (AvgIpc) is 3.25. The van der Waals surface area contributed by atoms with E-state index in [0.717, 1.165) is 53.0 Å². The van der Waals surface area contributed by atoms with Crippen LogP contribution in [0.4, 0.5) is 0 Å². The molecule has 0 radical (unpaired) electrons. The molecule has 1 saturated heterocycles. The van der Waals surface area contributed by atoms with Gasteiger partial charge in [0.2, 0.25) is 0 Å². The number of nitrogens with one attached hydrogen (secondary N) is 1. The van der Waals surface area contributed by atoms with Crippen molar-refractivity contribution in [1.29, 1.82) is 0 Å². The van der Waals surface area contributed by atoms with Crippen LogP contribution in [-0.4, -0.2) is 74.7 Å². The smallest absolute Gasteiger partial charge is 0.261 e. The largest absolute Gasteiger partial charge is 0.486 e. The number of rotatable bonds is 6. The van der Waals surface area contributed by atoms with Crippen molar-refractivity contribution in [3.63, 3.8) is 0 Å². The zero-order chi connectivity index (χ0) is 21.1. The molecule has 0 saturated carbocycles. The summed E-state index contributed by atoms with van der Waals surface area (Å²) in [5, 5.41) is 3.18. The van der Waals surface area contributed by atoms with Crippen molar-refractivity contribution >= 4 is 17.2 Å². The van der Waals surface area contributed by atoms with Crippen LogP contribution in [0.2, 0.25) is 0 Å². The van der Waals surface area contributed by atoms with Crippen LogP contribution in [0.1, 0.15) is 23.5 Å². The first-order valence-electron chi connectivity index (χ1n) is 10.7. The van der Waals surface area contributed by atoms with Crippen LogP contribution in [0.15, 0.2) is 30.3 Å². The highest BCUT2D eigenvalue weighted by Crippen LogP contribution is 2.36. The number of fused-ring (bicyclic) bond motifs is 1. The van der Waals surface area contributed by atoms with E-state index in [9.17, 15) is 4.79 Å². The van der Waals surface area contributed by atoms with Crippen molar-refractivity contribution < 1.29 is 14.3 Å². The van der Waals surface area contributed by atoms with E-state index in [1.807, 2.05) is 30.3 Å². The first-order valence-corrected chi connectivity index (χ1v) is 11.5. The van der Waals surface area contributed by atoms with E-state index in [1.54, 1.807) is 0 Å². The zero-order valence-corrected chi connectivity index (χ0v) is 18.8. The fourth-order valence-corrected chi connectivity index (χ4v) is 4.95. The molecule has 30 heavy (non-hydrogen) atoms. The summed E-state index contributed by atoms with van der Waals surface area (Å²) >= 11 is 1.51. The second kappa shape index (κ2) is 9.37. The molecular weight excluding hydrogens is 398 g/mol. The maximum Gasteiger partial charge on any atom is 0.261 e. The predicted octanol–water partition coefficient (Wildman–Crippen LogP) is 3.19. The lowest BCUT2D eigenvalue weighted by molar-refractivity contribution is 0.0793. The third-order valence-electron chi connectivity index (χ3n) is 5.90. The van der Waals surface area contributed by atoms with Crippen LogP contribution in [0.5, 0.6) is 11.5 Å². The average molecular weight is 430 g/mol. The summed E-state index contributed by atoms with van der Waals surface area (Å²) in [5.74, 6) is 2.04. The molecule has 0 aliphatic carbocycles. The SMILES string of the molecule is CC(C)C(CNC(=O)c1ccc(-c2ccc3c(c2)OCCO3)s1)N1CCN(C)CC1. The molecule has 1 atom stereocenters. The highest BCUT2D eigenvalue weighted by molar-refractivity contribution is 7.17. The fraction of sp³-hybridized carbons (Fsp3) is 0.522. The number of carbonyl (C=O) groups excluding carboxylic acids is 1. The highest BCUT2D eigenvalue weighted by atomic mass is 32.1. The molecule has 1 aromatic heterocycles. The lowest BCUT2D eigenvalue weighted by Crippen LogP contribution is -2.54. The lowest BCUT2D eigenvalue weighted by atomic mass is 10.0. The number of carbonyl (C=O) groups is 1. The van der Waals surface area contributed by atoms with Gasteiger partial charge in [0.25, 0.3) is 5.91 Å². The lowest BCUT2D eigenvalue weighted by Gasteiger charge is -2.39. The van der Waals surface area contributed by atoms with Gasteiger partial charge in [-0.15, -0.1) is 11.3 Å². The summed E-state index contributed by atoms with van der Waals surface area (Å²) in [4.78, 5) is 19.5. The first-order chi connectivity index (χ1) is 14.5. The molecule has 2 aliphatic heterocycles. The Balaban J connectivity index is 1.39. The molecule has 3 heterocycles. The Kier molecular flexibility index (Phi) is 6.61. The van der Waals surface area contributed by atoms with E-state index in [2.05, 4.69) is 36.0 Å². The van der Waals surface area contributed by atoms with Gasteiger partial charge in [0.15, 0.2) is 11.5 Å². The van der Waals surface area contributed by atoms with E-state index >= 15 is 0 Å². The van der Waals surface area contributed by atoms with E-state index in [-0.39, 0.29) is 5.91 Å².